The molecule has 1 saturated carbocycles. The zero-order valence-corrected chi connectivity index (χ0v) is 12.0. The van der Waals surface area contributed by atoms with Crippen LogP contribution in [0.15, 0.2) is 24.3 Å². The predicted molar refractivity (Wildman–Crippen MR) is 80.5 cm³/mol. The lowest BCUT2D eigenvalue weighted by Gasteiger charge is -2.31. The third-order valence-corrected chi connectivity index (χ3v) is 3.98. The molecule has 3 rings (SSSR count). The largest absolute Gasteiger partial charge is 0.472 e. The van der Waals surface area contributed by atoms with Gasteiger partial charge < -0.3 is 10.5 Å². The maximum Gasteiger partial charge on any atom is 0.258 e. The summed E-state index contributed by atoms with van der Waals surface area (Å²) in [5.41, 5.74) is 7.61. The molecular formula is C16H21N3O. The van der Waals surface area contributed by atoms with Gasteiger partial charge in [0.05, 0.1) is 11.0 Å². The van der Waals surface area contributed by atoms with E-state index in [0.29, 0.717) is 23.5 Å². The minimum Gasteiger partial charge on any atom is -0.472 e. The SMILES string of the molecule is CC1CC(C)CC(Oc2nc3ccccc3nc2N)C1. The number of nitrogens with zero attached hydrogens (tertiary/aromatic N) is 2. The average molecular weight is 271 g/mol. The van der Waals surface area contributed by atoms with E-state index in [1.54, 1.807) is 0 Å². The van der Waals surface area contributed by atoms with Gasteiger partial charge in [0.25, 0.3) is 5.88 Å². The van der Waals surface area contributed by atoms with E-state index in [1.807, 2.05) is 24.3 Å². The zero-order chi connectivity index (χ0) is 14.1. The number of nitrogen functional groups attached to an aromatic ring is 1. The summed E-state index contributed by atoms with van der Waals surface area (Å²) in [4.78, 5) is 8.88. The smallest absolute Gasteiger partial charge is 0.258 e. The Kier molecular flexibility index (Phi) is 3.47. The van der Waals surface area contributed by atoms with Crippen LogP contribution in [0.3, 0.4) is 0 Å². The van der Waals surface area contributed by atoms with Gasteiger partial charge in [-0.2, -0.15) is 0 Å². The van der Waals surface area contributed by atoms with Gasteiger partial charge in [0.1, 0.15) is 6.10 Å². The fourth-order valence-electron chi connectivity index (χ4n) is 3.21. The molecule has 1 aliphatic carbocycles. The first kappa shape index (κ1) is 13.2. The van der Waals surface area contributed by atoms with Crippen LogP contribution in [-0.2, 0) is 0 Å². The number of para-hydroxylation sites is 2. The van der Waals surface area contributed by atoms with Crippen LogP contribution in [0, 0.1) is 11.8 Å². The number of hydrogen-bond acceptors (Lipinski definition) is 4. The lowest BCUT2D eigenvalue weighted by atomic mass is 9.82. The van der Waals surface area contributed by atoms with Crippen LogP contribution in [-0.4, -0.2) is 16.1 Å². The topological polar surface area (TPSA) is 61.0 Å². The van der Waals surface area contributed by atoms with Crippen molar-refractivity contribution >= 4 is 16.9 Å². The van der Waals surface area contributed by atoms with E-state index in [-0.39, 0.29) is 6.10 Å². The third kappa shape index (κ3) is 2.69. The molecule has 0 amide bonds. The number of aromatic nitrogens is 2. The third-order valence-electron chi connectivity index (χ3n) is 3.98. The molecule has 20 heavy (non-hydrogen) atoms. The Labute approximate surface area is 119 Å². The minimum atomic E-state index is 0.200. The van der Waals surface area contributed by atoms with Crippen molar-refractivity contribution in [3.05, 3.63) is 24.3 Å². The maximum atomic E-state index is 6.04. The van der Waals surface area contributed by atoms with Crippen molar-refractivity contribution in [1.82, 2.24) is 9.97 Å². The van der Waals surface area contributed by atoms with Crippen LogP contribution in [0.1, 0.15) is 33.1 Å². The Hall–Kier alpha value is -1.84. The molecule has 1 aromatic carbocycles. The van der Waals surface area contributed by atoms with Crippen LogP contribution < -0.4 is 10.5 Å². The highest BCUT2D eigenvalue weighted by molar-refractivity contribution is 5.76. The predicted octanol–water partition coefficient (Wildman–Crippen LogP) is 3.42. The van der Waals surface area contributed by atoms with Crippen molar-refractivity contribution in [2.75, 3.05) is 5.73 Å². The minimum absolute atomic E-state index is 0.200. The first-order valence-corrected chi connectivity index (χ1v) is 7.30. The van der Waals surface area contributed by atoms with Gasteiger partial charge in [-0.3, -0.25) is 0 Å². The highest BCUT2D eigenvalue weighted by Crippen LogP contribution is 2.32. The van der Waals surface area contributed by atoms with E-state index in [1.165, 1.54) is 6.42 Å². The summed E-state index contributed by atoms with van der Waals surface area (Å²) in [5, 5.41) is 0. The summed E-state index contributed by atoms with van der Waals surface area (Å²) in [6.45, 7) is 4.56. The molecule has 1 aliphatic rings. The molecule has 2 N–H and O–H groups in total. The zero-order valence-electron chi connectivity index (χ0n) is 12.0. The highest BCUT2D eigenvalue weighted by atomic mass is 16.5. The lowest BCUT2D eigenvalue weighted by molar-refractivity contribution is 0.0975. The number of rotatable bonds is 2. The number of hydrogen-bond donors (Lipinski definition) is 1. The van der Waals surface area contributed by atoms with E-state index < -0.39 is 0 Å². The molecule has 0 radical (unpaired) electrons. The first-order chi connectivity index (χ1) is 9.61. The Morgan fingerprint density at radius 3 is 2.25 bits per heavy atom. The number of nitrogens with two attached hydrogens (primary N) is 1. The molecule has 2 aromatic rings. The van der Waals surface area contributed by atoms with Crippen LogP contribution in [0.4, 0.5) is 5.82 Å². The van der Waals surface area contributed by atoms with Crippen molar-refractivity contribution in [2.45, 2.75) is 39.2 Å². The number of benzene rings is 1. The molecule has 1 heterocycles. The molecule has 0 spiro atoms. The van der Waals surface area contributed by atoms with E-state index >= 15 is 0 Å². The lowest BCUT2D eigenvalue weighted by Crippen LogP contribution is -2.29. The summed E-state index contributed by atoms with van der Waals surface area (Å²) >= 11 is 0. The second-order valence-corrected chi connectivity index (χ2v) is 6.06. The molecule has 0 bridgehead atoms. The van der Waals surface area contributed by atoms with Gasteiger partial charge in [-0.25, -0.2) is 9.97 Å². The van der Waals surface area contributed by atoms with Crippen LogP contribution >= 0.6 is 0 Å². The normalized spacial score (nSPS) is 26.6. The van der Waals surface area contributed by atoms with E-state index in [4.69, 9.17) is 10.5 Å². The maximum absolute atomic E-state index is 6.04. The second-order valence-electron chi connectivity index (χ2n) is 6.06. The quantitative estimate of drug-likeness (QED) is 0.909. The second kappa shape index (κ2) is 5.27. The summed E-state index contributed by atoms with van der Waals surface area (Å²) in [7, 11) is 0. The van der Waals surface area contributed by atoms with Crippen LogP contribution in [0.5, 0.6) is 5.88 Å². The van der Waals surface area contributed by atoms with Crippen molar-refractivity contribution in [1.29, 1.82) is 0 Å². The number of ether oxygens (including phenoxy) is 1. The summed E-state index contributed by atoms with van der Waals surface area (Å²) < 4.78 is 6.04. The van der Waals surface area contributed by atoms with Crippen molar-refractivity contribution < 1.29 is 4.74 Å². The van der Waals surface area contributed by atoms with Gasteiger partial charge in [0, 0.05) is 0 Å². The molecule has 2 atom stereocenters. The van der Waals surface area contributed by atoms with Gasteiger partial charge in [-0.05, 0) is 43.2 Å². The highest BCUT2D eigenvalue weighted by Gasteiger charge is 2.26. The van der Waals surface area contributed by atoms with Crippen molar-refractivity contribution in [2.24, 2.45) is 11.8 Å². The van der Waals surface area contributed by atoms with Crippen molar-refractivity contribution in [3.8, 4) is 5.88 Å². The fraction of sp³-hybridized carbons (Fsp3) is 0.500. The Morgan fingerprint density at radius 1 is 1.00 bits per heavy atom. The summed E-state index contributed by atoms with van der Waals surface area (Å²) in [6, 6.07) is 7.72. The van der Waals surface area contributed by atoms with Gasteiger partial charge in [0.15, 0.2) is 5.82 Å². The first-order valence-electron chi connectivity index (χ1n) is 7.30. The number of anilines is 1. The van der Waals surface area contributed by atoms with Gasteiger partial charge in [0.2, 0.25) is 0 Å². The van der Waals surface area contributed by atoms with E-state index in [9.17, 15) is 0 Å². The standard InChI is InChI=1S/C16H21N3O/c1-10-7-11(2)9-12(8-10)20-16-15(17)18-13-5-3-4-6-14(13)19-16/h3-6,10-12H,7-9H2,1-2H3,(H2,17,18). The van der Waals surface area contributed by atoms with E-state index in [0.717, 1.165) is 23.9 Å². The molecule has 4 nitrogen and oxygen atoms in total. The molecular weight excluding hydrogens is 250 g/mol. The van der Waals surface area contributed by atoms with Crippen LogP contribution in [0.2, 0.25) is 0 Å². The molecule has 1 aromatic heterocycles. The summed E-state index contributed by atoms with van der Waals surface area (Å²) in [6.07, 6.45) is 3.61. The van der Waals surface area contributed by atoms with Gasteiger partial charge in [-0.1, -0.05) is 26.0 Å². The van der Waals surface area contributed by atoms with Gasteiger partial charge in [-0.15, -0.1) is 0 Å². The Balaban J connectivity index is 1.85. The molecule has 1 fully saturated rings. The molecule has 4 heteroatoms. The molecule has 2 unspecified atom stereocenters. The average Bonchev–Trinajstić information content (AvgIpc) is 2.38. The Morgan fingerprint density at radius 2 is 1.60 bits per heavy atom. The molecule has 0 saturated heterocycles. The monoisotopic (exact) mass is 271 g/mol. The van der Waals surface area contributed by atoms with E-state index in [2.05, 4.69) is 23.8 Å². The molecule has 0 aliphatic heterocycles. The Bertz CT molecular complexity index is 604. The fourth-order valence-corrected chi connectivity index (χ4v) is 3.21. The van der Waals surface area contributed by atoms with Crippen LogP contribution in [0.25, 0.3) is 11.0 Å². The molecule has 106 valence electrons. The summed E-state index contributed by atoms with van der Waals surface area (Å²) in [5.74, 6) is 2.25. The van der Waals surface area contributed by atoms with Gasteiger partial charge >= 0.3 is 0 Å². The van der Waals surface area contributed by atoms with Crippen molar-refractivity contribution in [3.63, 3.8) is 0 Å². The number of fused-ring (bicyclic) bond motifs is 1.